The van der Waals surface area contributed by atoms with Gasteiger partial charge in [-0.05, 0) is 39.3 Å². The Morgan fingerprint density at radius 1 is 1.21 bits per heavy atom. The summed E-state index contributed by atoms with van der Waals surface area (Å²) in [7, 11) is 0. The van der Waals surface area contributed by atoms with Crippen molar-refractivity contribution in [3.8, 4) is 0 Å². The van der Waals surface area contributed by atoms with E-state index in [4.69, 9.17) is 0 Å². The standard InChI is InChI=1S/C22H27N5O2/c1-15-10-19(16(2)26(15)11-17-8-6-5-7-9-17)21(28)25-12-18(13-25)27-14-20(23-24-27)22(3,4)29/h5-10,14,18,29H,11-13H2,1-4H3. The third-order valence-electron chi connectivity index (χ3n) is 5.65. The van der Waals surface area contributed by atoms with Crippen LogP contribution in [0.3, 0.4) is 0 Å². The van der Waals surface area contributed by atoms with Gasteiger partial charge in [-0.1, -0.05) is 35.5 Å². The number of hydrogen-bond donors (Lipinski definition) is 1. The SMILES string of the molecule is Cc1cc(C(=O)N2CC(n3cc(C(C)(C)O)nn3)C2)c(C)n1Cc1ccccc1. The highest BCUT2D eigenvalue weighted by Crippen LogP contribution is 2.27. The summed E-state index contributed by atoms with van der Waals surface area (Å²) in [6.07, 6.45) is 1.76. The normalized spacial score (nSPS) is 14.9. The van der Waals surface area contributed by atoms with Gasteiger partial charge in [0.2, 0.25) is 0 Å². The zero-order chi connectivity index (χ0) is 20.8. The average Bonchev–Trinajstić information content (AvgIpc) is 3.22. The molecule has 1 aliphatic heterocycles. The summed E-state index contributed by atoms with van der Waals surface area (Å²) >= 11 is 0. The number of nitrogens with zero attached hydrogens (tertiary/aromatic N) is 5. The molecule has 0 atom stereocenters. The van der Waals surface area contributed by atoms with Crippen molar-refractivity contribution >= 4 is 5.91 Å². The zero-order valence-electron chi connectivity index (χ0n) is 17.3. The molecule has 0 bridgehead atoms. The maximum absolute atomic E-state index is 13.0. The van der Waals surface area contributed by atoms with Gasteiger partial charge in [0.1, 0.15) is 11.3 Å². The molecule has 3 aromatic rings. The van der Waals surface area contributed by atoms with Gasteiger partial charge in [-0.15, -0.1) is 5.10 Å². The van der Waals surface area contributed by atoms with Crippen LogP contribution in [-0.2, 0) is 12.1 Å². The molecule has 7 heteroatoms. The smallest absolute Gasteiger partial charge is 0.255 e. The number of benzene rings is 1. The van der Waals surface area contributed by atoms with E-state index in [1.165, 1.54) is 5.56 Å². The van der Waals surface area contributed by atoms with Crippen molar-refractivity contribution in [2.75, 3.05) is 13.1 Å². The molecule has 1 aromatic carbocycles. The maximum atomic E-state index is 13.0. The molecule has 0 spiro atoms. The van der Waals surface area contributed by atoms with Gasteiger partial charge in [0.05, 0.1) is 17.8 Å². The van der Waals surface area contributed by atoms with E-state index in [1.807, 2.05) is 43.0 Å². The third-order valence-corrected chi connectivity index (χ3v) is 5.65. The number of rotatable bonds is 5. The van der Waals surface area contributed by atoms with E-state index in [9.17, 15) is 9.90 Å². The van der Waals surface area contributed by atoms with Crippen molar-refractivity contribution in [2.24, 2.45) is 0 Å². The predicted octanol–water partition coefficient (Wildman–Crippen LogP) is 2.67. The van der Waals surface area contributed by atoms with Crippen molar-refractivity contribution in [1.82, 2.24) is 24.5 Å². The third kappa shape index (κ3) is 3.70. The van der Waals surface area contributed by atoms with E-state index in [0.717, 1.165) is 23.5 Å². The molecule has 7 nitrogen and oxygen atoms in total. The summed E-state index contributed by atoms with van der Waals surface area (Å²) in [4.78, 5) is 14.9. The number of aromatic nitrogens is 4. The van der Waals surface area contributed by atoms with Gasteiger partial charge in [0, 0.05) is 31.0 Å². The van der Waals surface area contributed by atoms with E-state index in [-0.39, 0.29) is 11.9 Å². The van der Waals surface area contributed by atoms with Gasteiger partial charge in [-0.2, -0.15) is 0 Å². The lowest BCUT2D eigenvalue weighted by Gasteiger charge is -2.38. The Labute approximate surface area is 170 Å². The van der Waals surface area contributed by atoms with Crippen LogP contribution in [-0.4, -0.2) is 48.6 Å². The monoisotopic (exact) mass is 393 g/mol. The number of hydrogen-bond acceptors (Lipinski definition) is 4. The van der Waals surface area contributed by atoms with Crippen molar-refractivity contribution in [3.05, 3.63) is 70.8 Å². The molecule has 1 saturated heterocycles. The Morgan fingerprint density at radius 3 is 2.52 bits per heavy atom. The van der Waals surface area contributed by atoms with Crippen LogP contribution >= 0.6 is 0 Å². The molecular weight excluding hydrogens is 366 g/mol. The lowest BCUT2D eigenvalue weighted by atomic mass is 10.1. The molecule has 1 fully saturated rings. The first-order chi connectivity index (χ1) is 13.7. The van der Waals surface area contributed by atoms with Crippen LogP contribution in [0, 0.1) is 13.8 Å². The quantitative estimate of drug-likeness (QED) is 0.723. The van der Waals surface area contributed by atoms with Crippen LogP contribution in [0.5, 0.6) is 0 Å². The molecule has 0 aliphatic carbocycles. The fourth-order valence-corrected chi connectivity index (χ4v) is 3.72. The number of likely N-dealkylation sites (tertiary alicyclic amines) is 1. The van der Waals surface area contributed by atoms with Gasteiger partial charge in [0.15, 0.2) is 0 Å². The molecule has 1 N–H and O–H groups in total. The minimum Gasteiger partial charge on any atom is -0.384 e. The first-order valence-corrected chi connectivity index (χ1v) is 9.88. The molecule has 1 aliphatic rings. The number of carbonyl (C=O) groups is 1. The Hall–Kier alpha value is -2.93. The Kier molecular flexibility index (Phi) is 4.78. The zero-order valence-corrected chi connectivity index (χ0v) is 17.3. The number of amides is 1. The van der Waals surface area contributed by atoms with Crippen LogP contribution in [0.4, 0.5) is 0 Å². The second-order valence-electron chi connectivity index (χ2n) is 8.36. The molecule has 1 amide bonds. The summed E-state index contributed by atoms with van der Waals surface area (Å²) in [5, 5.41) is 18.2. The average molecular weight is 393 g/mol. The Morgan fingerprint density at radius 2 is 1.90 bits per heavy atom. The van der Waals surface area contributed by atoms with Crippen LogP contribution < -0.4 is 0 Å². The maximum Gasteiger partial charge on any atom is 0.255 e. The van der Waals surface area contributed by atoms with E-state index >= 15 is 0 Å². The van der Waals surface area contributed by atoms with Gasteiger partial charge < -0.3 is 14.6 Å². The number of aryl methyl sites for hydroxylation is 1. The van der Waals surface area contributed by atoms with Crippen molar-refractivity contribution in [1.29, 1.82) is 0 Å². The highest BCUT2D eigenvalue weighted by molar-refractivity contribution is 5.96. The van der Waals surface area contributed by atoms with Gasteiger partial charge >= 0.3 is 0 Å². The van der Waals surface area contributed by atoms with Crippen molar-refractivity contribution in [2.45, 2.75) is 45.9 Å². The van der Waals surface area contributed by atoms with Gasteiger partial charge in [0.25, 0.3) is 5.91 Å². The molecule has 29 heavy (non-hydrogen) atoms. The van der Waals surface area contributed by atoms with Crippen LogP contribution in [0.1, 0.15) is 52.9 Å². The summed E-state index contributed by atoms with van der Waals surface area (Å²) < 4.78 is 3.93. The molecule has 0 saturated carbocycles. The van der Waals surface area contributed by atoms with Crippen molar-refractivity contribution in [3.63, 3.8) is 0 Å². The lowest BCUT2D eigenvalue weighted by molar-refractivity contribution is 0.0495. The molecular formula is C22H27N5O2. The fourth-order valence-electron chi connectivity index (χ4n) is 3.72. The molecule has 0 radical (unpaired) electrons. The summed E-state index contributed by atoms with van der Waals surface area (Å²) in [5.74, 6) is 0.0523. The van der Waals surface area contributed by atoms with Crippen LogP contribution in [0.2, 0.25) is 0 Å². The minimum atomic E-state index is -1.02. The Bertz CT molecular complexity index is 1020. The molecule has 3 heterocycles. The lowest BCUT2D eigenvalue weighted by Crippen LogP contribution is -2.51. The minimum absolute atomic E-state index is 0.0523. The Balaban J connectivity index is 1.45. The van der Waals surface area contributed by atoms with Crippen LogP contribution in [0.25, 0.3) is 0 Å². The van der Waals surface area contributed by atoms with Gasteiger partial charge in [-0.25, -0.2) is 4.68 Å². The van der Waals surface area contributed by atoms with E-state index in [2.05, 4.69) is 27.0 Å². The number of aliphatic hydroxyl groups is 1. The highest BCUT2D eigenvalue weighted by atomic mass is 16.3. The van der Waals surface area contributed by atoms with Crippen molar-refractivity contribution < 1.29 is 9.90 Å². The predicted molar refractivity (Wildman–Crippen MR) is 110 cm³/mol. The van der Waals surface area contributed by atoms with Gasteiger partial charge in [-0.3, -0.25) is 4.79 Å². The fraction of sp³-hybridized carbons (Fsp3) is 0.409. The number of carbonyl (C=O) groups excluding carboxylic acids is 1. The first kappa shape index (κ1) is 19.4. The molecule has 2 aromatic heterocycles. The van der Waals surface area contributed by atoms with E-state index in [1.54, 1.807) is 24.7 Å². The second-order valence-corrected chi connectivity index (χ2v) is 8.36. The molecule has 4 rings (SSSR count). The summed E-state index contributed by atoms with van der Waals surface area (Å²) in [6.45, 7) is 9.36. The molecule has 152 valence electrons. The largest absolute Gasteiger partial charge is 0.384 e. The van der Waals surface area contributed by atoms with Crippen LogP contribution in [0.15, 0.2) is 42.6 Å². The first-order valence-electron chi connectivity index (χ1n) is 9.88. The summed E-state index contributed by atoms with van der Waals surface area (Å²) in [6, 6.07) is 12.3. The topological polar surface area (TPSA) is 76.2 Å². The van der Waals surface area contributed by atoms with E-state index in [0.29, 0.717) is 18.8 Å². The van der Waals surface area contributed by atoms with E-state index < -0.39 is 5.60 Å². The highest BCUT2D eigenvalue weighted by Gasteiger charge is 2.35. The summed E-state index contributed by atoms with van der Waals surface area (Å²) in [5.41, 5.74) is 3.56. The second kappa shape index (κ2) is 7.15. The molecule has 0 unspecified atom stereocenters.